The molecule has 0 bridgehead atoms. The monoisotopic (exact) mass is 1020 g/mol. The van der Waals surface area contributed by atoms with Crippen molar-refractivity contribution in [1.29, 1.82) is 0 Å². The number of ether oxygens (including phenoxy) is 3. The summed E-state index contributed by atoms with van der Waals surface area (Å²) < 4.78 is 24.1. The molecule has 62 heavy (non-hydrogen) atoms. The third-order valence-electron chi connectivity index (χ3n) is 9.01. The Balaban J connectivity index is 0.00000726. The molecule has 1 aromatic carbocycles. The number of aromatic nitrogens is 3. The molecule has 2 radical (unpaired) electrons. The van der Waals surface area contributed by atoms with E-state index in [1.165, 1.54) is 37.6 Å². The van der Waals surface area contributed by atoms with Gasteiger partial charge in [0.05, 0.1) is 13.7 Å². The minimum Gasteiger partial charge on any atom is -1.00 e. The van der Waals surface area contributed by atoms with Crippen LogP contribution in [0.1, 0.15) is 45.9 Å². The van der Waals surface area contributed by atoms with Crippen molar-refractivity contribution in [3.63, 3.8) is 0 Å². The van der Waals surface area contributed by atoms with Crippen molar-refractivity contribution in [3.05, 3.63) is 81.7 Å². The maximum Gasteiger partial charge on any atom is 0.413 e. The number of rotatable bonds is 15. The summed E-state index contributed by atoms with van der Waals surface area (Å²) in [5, 5.41) is 8.10. The SMILES string of the molecule is [B]OC(=O)[C@H](C)O/N=C(\C(=O)NC1C(=O)N2C(C(=O)OCc3ccc(OC)cc3)=C(C[n+]3cccc4c3ccn4CC(C)=O)CSC12)c1nc(NC(=O)OC(C)(C)C)sc1Cl.[I-]. The number of hydrogen-bond acceptors (Lipinski definition) is 15. The standard InChI is InChI=1S/C39H39BClN7O11S2.HI/c1-20(49)16-47-15-13-26-25(47)8-7-14-46(26)17-23-19-60-34-29(33(51)48(34)30(23)36(53)56-18-22-9-11-24(55-6)12-10-22)42-32(50)28(45-59-21(2)35(52)58-40)27-31(41)61-37(43-27)44-38(54)57-39(3,4)5;/h7-15,21,29,34H,16-19H2,1-6H3,(H-,42,43,44,50,54);1H/b45-28-;/t21-,29?,34?;/m0./s1. The number of pyridine rings is 1. The Morgan fingerprint density at radius 3 is 2.52 bits per heavy atom. The van der Waals surface area contributed by atoms with Crippen molar-refractivity contribution in [2.75, 3.05) is 18.2 Å². The zero-order valence-corrected chi connectivity index (χ0v) is 38.7. The van der Waals surface area contributed by atoms with Gasteiger partial charge in [0.15, 0.2) is 23.6 Å². The molecule has 2 unspecified atom stereocenters. The Kier molecular flexibility index (Phi) is 15.7. The van der Waals surface area contributed by atoms with E-state index in [1.807, 2.05) is 39.7 Å². The molecule has 0 saturated carbocycles. The van der Waals surface area contributed by atoms with E-state index in [1.54, 1.807) is 45.0 Å². The lowest BCUT2D eigenvalue weighted by atomic mass is 10.0. The summed E-state index contributed by atoms with van der Waals surface area (Å²) in [6, 6.07) is 11.3. The van der Waals surface area contributed by atoms with Crippen molar-refractivity contribution in [2.24, 2.45) is 5.16 Å². The van der Waals surface area contributed by atoms with E-state index in [2.05, 4.69) is 25.4 Å². The Morgan fingerprint density at radius 1 is 1.13 bits per heavy atom. The number of anilines is 1. The molecule has 3 amide bonds. The summed E-state index contributed by atoms with van der Waals surface area (Å²) >= 11 is 8.58. The molecule has 4 aromatic rings. The van der Waals surface area contributed by atoms with Crippen LogP contribution in [0.5, 0.6) is 5.75 Å². The van der Waals surface area contributed by atoms with E-state index in [0.29, 0.717) is 16.9 Å². The van der Waals surface area contributed by atoms with Gasteiger partial charge in [-0.3, -0.25) is 24.6 Å². The fourth-order valence-electron chi connectivity index (χ4n) is 6.23. The van der Waals surface area contributed by atoms with Crippen LogP contribution < -0.4 is 43.9 Å². The number of hydrogen-bond donors (Lipinski definition) is 2. The van der Waals surface area contributed by atoms with E-state index in [0.717, 1.165) is 22.4 Å². The lowest BCUT2D eigenvalue weighted by Gasteiger charge is -2.49. The minimum absolute atomic E-state index is 0. The lowest BCUT2D eigenvalue weighted by Crippen LogP contribution is -3.00. The van der Waals surface area contributed by atoms with Crippen LogP contribution in [0.3, 0.4) is 0 Å². The third-order valence-corrected chi connectivity index (χ3v) is 11.5. The number of ketones is 1. The first-order valence-corrected chi connectivity index (χ1v) is 20.8. The number of carbonyl (C=O) groups excluding carboxylic acids is 6. The largest absolute Gasteiger partial charge is 1.00 e. The number of thiazole rings is 1. The molecule has 2 aliphatic rings. The number of nitrogens with one attached hydrogen (secondary N) is 2. The highest BCUT2D eigenvalue weighted by Crippen LogP contribution is 2.41. The summed E-state index contributed by atoms with van der Waals surface area (Å²) in [6.45, 7) is 8.04. The van der Waals surface area contributed by atoms with Crippen LogP contribution in [0.25, 0.3) is 11.0 Å². The Morgan fingerprint density at radius 2 is 1.85 bits per heavy atom. The molecule has 6 rings (SSSR count). The number of benzene rings is 1. The number of fused-ring (bicyclic) bond motifs is 2. The maximum absolute atomic E-state index is 14.1. The van der Waals surface area contributed by atoms with Gasteiger partial charge in [0.2, 0.25) is 11.6 Å². The first-order chi connectivity index (χ1) is 29.0. The second-order valence-electron chi connectivity index (χ2n) is 14.7. The third kappa shape index (κ3) is 11.1. The molecule has 23 heteroatoms. The summed E-state index contributed by atoms with van der Waals surface area (Å²) in [5.74, 6) is -2.53. The summed E-state index contributed by atoms with van der Waals surface area (Å²) in [7, 11) is 6.52. The summed E-state index contributed by atoms with van der Waals surface area (Å²) in [6.07, 6.45) is 1.42. The van der Waals surface area contributed by atoms with Gasteiger partial charge in [-0.1, -0.05) is 40.2 Å². The minimum atomic E-state index is -1.38. The number of Topliss-reactive ketones (excluding diaryl/α,β-unsaturated/α-hetero) is 1. The van der Waals surface area contributed by atoms with E-state index in [-0.39, 0.29) is 76.1 Å². The second kappa shape index (κ2) is 20.3. The highest BCUT2D eigenvalue weighted by Gasteiger charge is 2.55. The normalized spacial score (nSPS) is 16.6. The number of methoxy groups -OCH3 is 1. The van der Waals surface area contributed by atoms with Crippen LogP contribution in [-0.4, -0.2) is 99.8 Å². The predicted molar refractivity (Wildman–Crippen MR) is 224 cm³/mol. The second-order valence-corrected chi connectivity index (χ2v) is 17.4. The van der Waals surface area contributed by atoms with Crippen molar-refractivity contribution < 1.29 is 81.0 Å². The number of esters is 1. The number of carbonyl (C=O) groups is 6. The number of amides is 3. The first-order valence-electron chi connectivity index (χ1n) is 18.5. The van der Waals surface area contributed by atoms with E-state index >= 15 is 0 Å². The molecular weight excluding hydrogens is 980 g/mol. The van der Waals surface area contributed by atoms with Crippen LogP contribution in [0.4, 0.5) is 9.93 Å². The zero-order valence-electron chi connectivity index (χ0n) is 34.1. The molecule has 5 heterocycles. The summed E-state index contributed by atoms with van der Waals surface area (Å²) in [4.78, 5) is 89.4. The van der Waals surface area contributed by atoms with Crippen molar-refractivity contribution in [1.82, 2.24) is 19.8 Å². The Hall–Kier alpha value is -5.20. The number of nitrogens with zero attached hydrogens (tertiary/aromatic N) is 5. The number of oxime groups is 1. The van der Waals surface area contributed by atoms with Gasteiger partial charge < -0.3 is 57.6 Å². The molecule has 3 atom stereocenters. The van der Waals surface area contributed by atoms with Gasteiger partial charge in [-0.15, -0.1) is 11.8 Å². The van der Waals surface area contributed by atoms with Crippen LogP contribution in [-0.2, 0) is 62.6 Å². The van der Waals surface area contributed by atoms with Gasteiger partial charge in [-0.2, -0.15) is 4.57 Å². The van der Waals surface area contributed by atoms with E-state index < -0.39 is 58.7 Å². The number of halogens is 2. The van der Waals surface area contributed by atoms with Gasteiger partial charge in [0.25, 0.3) is 11.8 Å². The van der Waals surface area contributed by atoms with Crippen molar-refractivity contribution in [2.45, 2.75) is 77.4 Å². The zero-order chi connectivity index (χ0) is 44.2. The molecular formula is C39H40BClIN7O11S2. The lowest BCUT2D eigenvalue weighted by molar-refractivity contribution is -0.663. The first kappa shape index (κ1) is 47.8. The Labute approximate surface area is 387 Å². The molecule has 2 N–H and O–H groups in total. The van der Waals surface area contributed by atoms with Crippen molar-refractivity contribution in [3.8, 4) is 5.75 Å². The van der Waals surface area contributed by atoms with Gasteiger partial charge >= 0.3 is 26.1 Å². The topological polar surface area (TPSA) is 210 Å². The number of β-lactam (4-membered cyclic amide) rings is 1. The maximum atomic E-state index is 14.1. The van der Waals surface area contributed by atoms with Crippen molar-refractivity contribution >= 4 is 100 Å². The highest BCUT2D eigenvalue weighted by atomic mass is 127. The van der Waals surface area contributed by atoms with E-state index in [9.17, 15) is 28.8 Å². The highest BCUT2D eigenvalue weighted by molar-refractivity contribution is 8.00. The molecule has 1 fully saturated rings. The van der Waals surface area contributed by atoms with Gasteiger partial charge in [0, 0.05) is 29.7 Å². The smallest absolute Gasteiger partial charge is 0.413 e. The number of thioether (sulfide) groups is 1. The predicted octanol–water partition coefficient (Wildman–Crippen LogP) is 0.821. The molecule has 326 valence electrons. The van der Waals surface area contributed by atoms with E-state index in [4.69, 9.17) is 38.7 Å². The van der Waals surface area contributed by atoms with Crippen LogP contribution >= 0.6 is 34.7 Å². The molecule has 0 aliphatic carbocycles. The van der Waals surface area contributed by atoms with Gasteiger partial charge in [-0.25, -0.2) is 19.4 Å². The van der Waals surface area contributed by atoms with Crippen LogP contribution in [0, 0.1) is 0 Å². The quantitative estimate of drug-likeness (QED) is 0.0322. The van der Waals surface area contributed by atoms with Crippen LogP contribution in [0.15, 0.2) is 71.3 Å². The Bertz CT molecular complexity index is 2460. The average Bonchev–Trinajstić information content (AvgIpc) is 3.79. The molecule has 18 nitrogen and oxygen atoms in total. The fourth-order valence-corrected chi connectivity index (χ4v) is 8.60. The molecule has 1 saturated heterocycles. The van der Waals surface area contributed by atoms with Crippen LogP contribution in [0.2, 0.25) is 4.34 Å². The fraction of sp³-hybridized carbons (Fsp3) is 0.359. The van der Waals surface area contributed by atoms with Gasteiger partial charge in [-0.05, 0) is 58.4 Å². The summed E-state index contributed by atoms with van der Waals surface area (Å²) in [5.41, 5.74) is 1.23. The molecule has 0 spiro atoms. The average molecular weight is 1020 g/mol. The molecule has 2 aliphatic heterocycles. The molecule has 3 aromatic heterocycles. The van der Waals surface area contributed by atoms with Gasteiger partial charge in [0.1, 0.15) is 56.4 Å².